The van der Waals surface area contributed by atoms with Crippen LogP contribution in [0.4, 0.5) is 19.1 Å². The predicted molar refractivity (Wildman–Crippen MR) is 109 cm³/mol. The number of aromatic nitrogens is 3. The molecule has 3 aliphatic heterocycles. The van der Waals surface area contributed by atoms with E-state index in [4.69, 9.17) is 9.90 Å². The van der Waals surface area contributed by atoms with Crippen molar-refractivity contribution in [2.24, 2.45) is 5.41 Å². The number of carboxylic acid groups (broad SMARTS) is 1. The van der Waals surface area contributed by atoms with Crippen LogP contribution in [0, 0.1) is 12.3 Å². The Labute approximate surface area is 186 Å². The van der Waals surface area contributed by atoms with Gasteiger partial charge in [0.25, 0.3) is 0 Å². The van der Waals surface area contributed by atoms with Crippen LogP contribution in [0.1, 0.15) is 36.4 Å². The van der Waals surface area contributed by atoms with Gasteiger partial charge in [-0.2, -0.15) is 13.2 Å². The number of carbonyl (C=O) groups excluding carboxylic acids is 1. The van der Waals surface area contributed by atoms with Crippen molar-refractivity contribution in [3.8, 4) is 0 Å². The summed E-state index contributed by atoms with van der Waals surface area (Å²) in [4.78, 5) is 40.0. The normalized spacial score (nSPS) is 26.6. The molecule has 2 aromatic rings. The summed E-state index contributed by atoms with van der Waals surface area (Å²) in [5, 5.41) is 10.3. The zero-order chi connectivity index (χ0) is 23.1. The Bertz CT molecular complexity index is 1000. The Morgan fingerprint density at radius 2 is 2.00 bits per heavy atom. The number of halogens is 3. The van der Waals surface area contributed by atoms with Crippen molar-refractivity contribution < 1.29 is 27.9 Å². The average Bonchev–Trinajstić information content (AvgIpc) is 3.49. The topological polar surface area (TPSA) is 99.5 Å². The molecule has 3 aliphatic rings. The fourth-order valence-corrected chi connectivity index (χ4v) is 5.70. The highest BCUT2D eigenvalue weighted by molar-refractivity contribution is 7.09. The molecule has 3 saturated heterocycles. The highest BCUT2D eigenvalue weighted by Gasteiger charge is 2.63. The van der Waals surface area contributed by atoms with Crippen LogP contribution < -0.4 is 4.90 Å². The highest BCUT2D eigenvalue weighted by Crippen LogP contribution is 2.55. The highest BCUT2D eigenvalue weighted by atomic mass is 32.1. The fraction of sp³-hybridized carbons (Fsp3) is 0.550. The molecular weight excluding hydrogens is 447 g/mol. The first-order valence-electron chi connectivity index (χ1n) is 10.2. The Kier molecular flexibility index (Phi) is 5.82. The number of carboxylic acids is 1. The Hall–Kier alpha value is -2.76. The van der Waals surface area contributed by atoms with Gasteiger partial charge in [0.1, 0.15) is 0 Å². The number of amides is 1. The standard InChI is InChI=1S/C18H21N5OS.C2HF3O2/c1-12-21-13(11-25-12)10-22-8-5-18(16(22)24)9-14-3-4-15(18)23(14)17-19-6-2-7-20-17;3-2(4,5)1(6)7/h2,6-7,11,14-15H,3-5,8-10H2,1H3;(H,6,7). The second kappa shape index (κ2) is 8.30. The molecule has 0 saturated carbocycles. The smallest absolute Gasteiger partial charge is 0.475 e. The van der Waals surface area contributed by atoms with Crippen LogP contribution >= 0.6 is 11.3 Å². The van der Waals surface area contributed by atoms with Gasteiger partial charge < -0.3 is 14.9 Å². The van der Waals surface area contributed by atoms with E-state index in [2.05, 4.69) is 25.2 Å². The van der Waals surface area contributed by atoms with E-state index < -0.39 is 12.1 Å². The first-order chi connectivity index (χ1) is 15.1. The molecule has 3 atom stereocenters. The van der Waals surface area contributed by atoms with Crippen LogP contribution in [0.2, 0.25) is 0 Å². The van der Waals surface area contributed by atoms with Gasteiger partial charge in [-0.05, 0) is 38.7 Å². The summed E-state index contributed by atoms with van der Waals surface area (Å²) in [6.45, 7) is 3.49. The summed E-state index contributed by atoms with van der Waals surface area (Å²) >= 11 is 1.65. The van der Waals surface area contributed by atoms with E-state index in [1.807, 2.05) is 17.9 Å². The first-order valence-corrected chi connectivity index (χ1v) is 11.1. The zero-order valence-electron chi connectivity index (χ0n) is 17.2. The van der Waals surface area contributed by atoms with Gasteiger partial charge in [0.15, 0.2) is 0 Å². The number of alkyl halides is 3. The second-order valence-electron chi connectivity index (χ2n) is 8.20. The number of thiazole rings is 1. The molecule has 32 heavy (non-hydrogen) atoms. The van der Waals surface area contributed by atoms with Gasteiger partial charge in [0.05, 0.1) is 22.7 Å². The molecule has 5 heterocycles. The molecule has 1 spiro atoms. The van der Waals surface area contributed by atoms with Crippen molar-refractivity contribution in [2.45, 2.75) is 57.4 Å². The van der Waals surface area contributed by atoms with Gasteiger partial charge in [-0.25, -0.2) is 19.7 Å². The summed E-state index contributed by atoms with van der Waals surface area (Å²) in [6.07, 6.45) is 2.60. The molecule has 3 fully saturated rings. The van der Waals surface area contributed by atoms with Gasteiger partial charge in [0.2, 0.25) is 11.9 Å². The van der Waals surface area contributed by atoms with Crippen molar-refractivity contribution in [1.82, 2.24) is 19.9 Å². The molecule has 3 unspecified atom stereocenters. The molecule has 8 nitrogen and oxygen atoms in total. The van der Waals surface area contributed by atoms with E-state index in [0.29, 0.717) is 18.5 Å². The number of likely N-dealkylation sites (tertiary alicyclic amines) is 1. The number of anilines is 1. The minimum atomic E-state index is -5.08. The third-order valence-electron chi connectivity index (χ3n) is 6.33. The van der Waals surface area contributed by atoms with E-state index in [9.17, 15) is 18.0 Å². The maximum Gasteiger partial charge on any atom is 0.490 e. The first kappa shape index (κ1) is 22.4. The number of aliphatic carboxylic acids is 1. The molecule has 12 heteroatoms. The number of fused-ring (bicyclic) bond motifs is 3. The van der Waals surface area contributed by atoms with E-state index in [0.717, 1.165) is 48.9 Å². The largest absolute Gasteiger partial charge is 0.490 e. The Morgan fingerprint density at radius 3 is 2.59 bits per heavy atom. The fourth-order valence-electron chi connectivity index (χ4n) is 5.09. The van der Waals surface area contributed by atoms with Crippen LogP contribution in [0.3, 0.4) is 0 Å². The van der Waals surface area contributed by atoms with Crippen LogP contribution in [-0.2, 0) is 16.1 Å². The average molecular weight is 469 g/mol. The molecule has 2 aromatic heterocycles. The van der Waals surface area contributed by atoms with Crippen LogP contribution in [-0.4, -0.2) is 61.6 Å². The molecular formula is C20H22F3N5O3S. The quantitative estimate of drug-likeness (QED) is 0.738. The number of carbonyl (C=O) groups is 2. The molecule has 1 N–H and O–H groups in total. The number of aryl methyl sites for hydroxylation is 1. The van der Waals surface area contributed by atoms with Crippen LogP contribution in [0.15, 0.2) is 23.8 Å². The zero-order valence-corrected chi connectivity index (χ0v) is 18.1. The van der Waals surface area contributed by atoms with E-state index in [1.54, 1.807) is 23.7 Å². The molecule has 0 radical (unpaired) electrons. The lowest BCUT2D eigenvalue weighted by Gasteiger charge is -2.32. The van der Waals surface area contributed by atoms with Crippen LogP contribution in [0.25, 0.3) is 0 Å². The summed E-state index contributed by atoms with van der Waals surface area (Å²) in [5.41, 5.74) is 0.770. The van der Waals surface area contributed by atoms with E-state index in [1.165, 1.54) is 0 Å². The van der Waals surface area contributed by atoms with Crippen molar-refractivity contribution in [3.63, 3.8) is 0 Å². The Morgan fingerprint density at radius 1 is 1.31 bits per heavy atom. The lowest BCUT2D eigenvalue weighted by atomic mass is 9.72. The maximum atomic E-state index is 13.3. The lowest BCUT2D eigenvalue weighted by Crippen LogP contribution is -2.44. The molecule has 172 valence electrons. The Balaban J connectivity index is 0.000000307. The number of nitrogens with zero attached hydrogens (tertiary/aromatic N) is 5. The summed E-state index contributed by atoms with van der Waals surface area (Å²) in [5.74, 6) is -1.66. The van der Waals surface area contributed by atoms with Gasteiger partial charge >= 0.3 is 12.1 Å². The van der Waals surface area contributed by atoms with Crippen LogP contribution in [0.5, 0.6) is 0 Å². The summed E-state index contributed by atoms with van der Waals surface area (Å²) in [7, 11) is 0. The second-order valence-corrected chi connectivity index (χ2v) is 9.26. The molecule has 1 amide bonds. The third kappa shape index (κ3) is 4.03. The predicted octanol–water partition coefficient (Wildman–Crippen LogP) is 3.03. The number of rotatable bonds is 3. The molecule has 2 bridgehead atoms. The van der Waals surface area contributed by atoms with Gasteiger partial charge in [-0.15, -0.1) is 11.3 Å². The molecule has 5 rings (SSSR count). The summed E-state index contributed by atoms with van der Waals surface area (Å²) in [6, 6.07) is 2.49. The maximum absolute atomic E-state index is 13.3. The van der Waals surface area contributed by atoms with E-state index in [-0.39, 0.29) is 11.5 Å². The van der Waals surface area contributed by atoms with Crippen molar-refractivity contribution in [1.29, 1.82) is 0 Å². The number of hydrogen-bond acceptors (Lipinski definition) is 7. The third-order valence-corrected chi connectivity index (χ3v) is 7.15. The SMILES string of the molecule is Cc1nc(CN2CCC3(CC4CCC3N4c3ncccn3)C2=O)cs1.O=C(O)C(F)(F)F. The van der Waals surface area contributed by atoms with Crippen molar-refractivity contribution in [2.75, 3.05) is 11.4 Å². The lowest BCUT2D eigenvalue weighted by molar-refractivity contribution is -0.192. The van der Waals surface area contributed by atoms with Gasteiger partial charge in [-0.3, -0.25) is 4.79 Å². The summed E-state index contributed by atoms with van der Waals surface area (Å²) < 4.78 is 31.7. The number of hydrogen-bond donors (Lipinski definition) is 1. The van der Waals surface area contributed by atoms with Crippen molar-refractivity contribution in [3.05, 3.63) is 34.5 Å². The minimum absolute atomic E-state index is 0.243. The molecule has 0 aliphatic carbocycles. The van der Waals surface area contributed by atoms with Gasteiger partial charge in [0, 0.05) is 36.4 Å². The van der Waals surface area contributed by atoms with E-state index >= 15 is 0 Å². The monoisotopic (exact) mass is 469 g/mol. The van der Waals surface area contributed by atoms with Gasteiger partial charge in [-0.1, -0.05) is 0 Å². The molecule has 0 aromatic carbocycles. The minimum Gasteiger partial charge on any atom is -0.475 e. The van der Waals surface area contributed by atoms with Crippen molar-refractivity contribution >= 4 is 29.2 Å².